The third-order valence-corrected chi connectivity index (χ3v) is 21.1. The fraction of sp³-hybridized carbons (Fsp3) is 0.306. The summed E-state index contributed by atoms with van der Waals surface area (Å²) in [5, 5.41) is 68.0. The van der Waals surface area contributed by atoms with Gasteiger partial charge < -0.3 is 51.5 Å². The van der Waals surface area contributed by atoms with E-state index in [0.29, 0.717) is 58.7 Å². The number of anilines is 1. The number of aryl methyl sites for hydroxylation is 1. The Labute approximate surface area is 558 Å². The molecule has 0 spiro atoms. The molecule has 1 fully saturated rings. The van der Waals surface area contributed by atoms with Crippen molar-refractivity contribution in [3.05, 3.63) is 142 Å². The molecule has 0 saturated carbocycles. The number of nitrogens with zero attached hydrogens (tertiary/aromatic N) is 9. The van der Waals surface area contributed by atoms with Crippen LogP contribution in [0, 0.1) is 12.8 Å². The number of amides is 5. The Bertz CT molecular complexity index is 4320. The van der Waals surface area contributed by atoms with E-state index in [4.69, 9.17) is 45.5 Å². The van der Waals surface area contributed by atoms with E-state index in [2.05, 4.69) is 15.6 Å². The minimum absolute atomic E-state index is 0.00398. The van der Waals surface area contributed by atoms with Gasteiger partial charge in [-0.3, -0.25) is 38.5 Å². The van der Waals surface area contributed by atoms with Gasteiger partial charge in [-0.25, -0.2) is 39.7 Å². The molecule has 94 heavy (non-hydrogen) atoms. The summed E-state index contributed by atoms with van der Waals surface area (Å²) in [5.41, 5.74) is 8.39. The van der Waals surface area contributed by atoms with Crippen LogP contribution in [0.15, 0.2) is 93.6 Å². The van der Waals surface area contributed by atoms with Crippen molar-refractivity contribution in [2.75, 3.05) is 24.6 Å². The van der Waals surface area contributed by atoms with E-state index in [9.17, 15) is 54.0 Å². The molecule has 0 aliphatic carbocycles. The van der Waals surface area contributed by atoms with Gasteiger partial charge in [0, 0.05) is 87.9 Å². The lowest BCUT2D eigenvalue weighted by Gasteiger charge is -2.29. The van der Waals surface area contributed by atoms with Gasteiger partial charge in [0.2, 0.25) is 11.8 Å². The van der Waals surface area contributed by atoms with E-state index in [1.54, 1.807) is 84.6 Å². The Hall–Kier alpha value is -9.15. The standard InChI is InChI=1S/C62H58N12O14S6/c1-29-44(77)23-74-51(29)60-70-42(27-92-60)58-67-39(24-91-58)50-34(16-17-36(64-50)57-71-46(28-93-57)73(18-6-10-47(79)80)62(87)88-19-7-11-48(81)82)55-68-40(25-89-55)53(84)65-37(22-45(63)78)59-72-49(30(2)94-59)43(76)21-35(52(83)32-8-4-3-5-9-32)56-69-41(26-90-56)54(85)66-38(61(74)86)20-31-12-14-33(75)15-13-31/h3-5,8-9,12-17,24-29,35,37-38,44,51-52,75,77,83H,6-7,10-11,18-23H2,1-2H3,(H2,63,78)(H,65,84)(H,66,85)(H,79,80)(H,81,82)/t29-,35-,37-,38-,44-,51-,52+/m0/s1. The highest BCUT2D eigenvalue weighted by atomic mass is 32.1. The second kappa shape index (κ2) is 29.0. The molecule has 0 radical (unpaired) electrons. The topological polar surface area (TPSA) is 394 Å². The van der Waals surface area contributed by atoms with Gasteiger partial charge in [-0.15, -0.1) is 68.0 Å². The van der Waals surface area contributed by atoms with Crippen molar-refractivity contribution >= 4 is 121 Å². The number of primary amides is 1. The number of benzene rings is 2. The number of aliphatic carboxylic acids is 2. The van der Waals surface area contributed by atoms with Crippen molar-refractivity contribution in [3.63, 3.8) is 0 Å². The Morgan fingerprint density at radius 3 is 2.09 bits per heavy atom. The number of fused-ring (bicyclic) bond motifs is 16. The smallest absolute Gasteiger partial charge is 0.415 e. The lowest BCUT2D eigenvalue weighted by atomic mass is 9.90. The number of pyridine rings is 1. The number of ketones is 1. The van der Waals surface area contributed by atoms with Crippen molar-refractivity contribution in [2.45, 2.75) is 95.0 Å². The second-order valence-electron chi connectivity index (χ2n) is 22.1. The third-order valence-electron chi connectivity index (χ3n) is 15.5. The Kier molecular flexibility index (Phi) is 20.5. The molecule has 2 aliphatic rings. The van der Waals surface area contributed by atoms with Gasteiger partial charge in [0.15, 0.2) is 5.78 Å². The summed E-state index contributed by atoms with van der Waals surface area (Å²) in [7, 11) is 0. The molecule has 10 bridgehead atoms. The Balaban J connectivity index is 0.997. The predicted molar refractivity (Wildman–Crippen MR) is 350 cm³/mol. The Morgan fingerprint density at radius 1 is 0.702 bits per heavy atom. The number of aliphatic hydroxyl groups is 2. The Morgan fingerprint density at radius 2 is 1.34 bits per heavy atom. The summed E-state index contributed by atoms with van der Waals surface area (Å²) in [6.07, 6.45) is -4.45. The molecule has 9 heterocycles. The van der Waals surface area contributed by atoms with Gasteiger partial charge in [0.25, 0.3) is 11.8 Å². The second-order valence-corrected chi connectivity index (χ2v) is 27.7. The molecule has 1 saturated heterocycles. The van der Waals surface area contributed by atoms with Crippen LogP contribution in [0.3, 0.4) is 0 Å². The maximum Gasteiger partial charge on any atom is 0.415 e. The summed E-state index contributed by atoms with van der Waals surface area (Å²) in [6.45, 7) is 3.02. The number of aromatic hydroxyl groups is 1. The lowest BCUT2D eigenvalue weighted by molar-refractivity contribution is -0.138. The lowest BCUT2D eigenvalue weighted by Crippen LogP contribution is -2.50. The van der Waals surface area contributed by atoms with Crippen LogP contribution in [-0.2, 0) is 30.3 Å². The minimum Gasteiger partial charge on any atom is -0.508 e. The average molecular weight is 1390 g/mol. The monoisotopic (exact) mass is 1390 g/mol. The number of Topliss-reactive ketones (excluding diaryl/α,β-unsaturated/α-hetero) is 1. The van der Waals surface area contributed by atoms with Gasteiger partial charge in [0.05, 0.1) is 48.0 Å². The first-order valence-corrected chi connectivity index (χ1v) is 34.5. The quantitative estimate of drug-likeness (QED) is 0.0418. The number of phenolic OH excluding ortho intramolecular Hbond substituents is 1. The van der Waals surface area contributed by atoms with Crippen LogP contribution in [-0.4, -0.2) is 145 Å². The summed E-state index contributed by atoms with van der Waals surface area (Å²) in [4.78, 5) is 145. The molecule has 2 aromatic carbocycles. The molecular weight excluding hydrogens is 1330 g/mol. The number of nitrogens with one attached hydrogen (secondary N) is 2. The molecule has 26 nitrogen and oxygen atoms in total. The number of carboxylic acid groups (broad SMARTS) is 2. The maximum atomic E-state index is 15.2. The minimum atomic E-state index is -1.32. The number of carboxylic acids is 2. The largest absolute Gasteiger partial charge is 0.508 e. The zero-order valence-corrected chi connectivity index (χ0v) is 54.7. The van der Waals surface area contributed by atoms with Gasteiger partial charge in [-0.05, 0) is 55.2 Å². The van der Waals surface area contributed by atoms with E-state index < -0.39 is 96.0 Å². The number of aromatic nitrogens is 7. The summed E-state index contributed by atoms with van der Waals surface area (Å²) in [5.74, 6) is -6.97. The number of nitrogens with two attached hydrogens (primary N) is 1. The first-order chi connectivity index (χ1) is 45.2. The van der Waals surface area contributed by atoms with E-state index in [0.717, 1.165) is 45.3 Å². The van der Waals surface area contributed by atoms with Crippen LogP contribution in [0.25, 0.3) is 43.4 Å². The van der Waals surface area contributed by atoms with Crippen LogP contribution >= 0.6 is 68.0 Å². The third kappa shape index (κ3) is 15.1. The highest BCUT2D eigenvalue weighted by Gasteiger charge is 2.46. The highest BCUT2D eigenvalue weighted by Crippen LogP contribution is 2.44. The predicted octanol–water partition coefficient (Wildman–Crippen LogP) is 8.85. The highest BCUT2D eigenvalue weighted by molar-refractivity contribution is 7.15. The molecule has 9 N–H and O–H groups in total. The van der Waals surface area contributed by atoms with Crippen LogP contribution in [0.2, 0.25) is 0 Å². The van der Waals surface area contributed by atoms with Crippen molar-refractivity contribution in [3.8, 4) is 49.1 Å². The number of hydrogen-bond donors (Lipinski definition) is 8. The fourth-order valence-electron chi connectivity index (χ4n) is 10.7. The molecule has 486 valence electrons. The summed E-state index contributed by atoms with van der Waals surface area (Å²) < 4.78 is 5.38. The van der Waals surface area contributed by atoms with Crippen LogP contribution in [0.5, 0.6) is 5.75 Å². The SMILES string of the molecule is Cc1sc2nc1C(=O)C[C@@H]([C@H](O)c1ccccc1)c1nc(cs1)C(=O)N[C@@H](Cc1ccc(O)cc1)C(=O)N1C[C@H](O)[C@H](C)[C@H]1c1nc(cs1)-c1nc(cs1)-c1nc(-c3nc(N(CCCC(=O)O)C(=O)OCCCC(=O)O)cs3)ccc1-c1nc(cs1)C(=O)N[C@H]2CC(N)=O. The van der Waals surface area contributed by atoms with Gasteiger partial charge in [0.1, 0.15) is 76.8 Å². The number of aliphatic hydroxyl groups excluding tert-OH is 2. The molecule has 2 aliphatic heterocycles. The molecule has 9 aromatic rings. The molecule has 11 rings (SSSR count). The van der Waals surface area contributed by atoms with E-state index in [-0.39, 0.29) is 103 Å². The van der Waals surface area contributed by atoms with E-state index in [1.807, 2.05) is 0 Å². The molecule has 32 heteroatoms. The zero-order valence-electron chi connectivity index (χ0n) is 49.8. The number of rotatable bonds is 16. The van der Waals surface area contributed by atoms with E-state index >= 15 is 4.79 Å². The number of carbonyl (C=O) groups is 8. The summed E-state index contributed by atoms with van der Waals surface area (Å²) >= 11 is 6.78. The van der Waals surface area contributed by atoms with Crippen LogP contribution in [0.4, 0.5) is 10.6 Å². The average Bonchev–Trinajstić information content (AvgIpc) is 1.62. The van der Waals surface area contributed by atoms with Crippen molar-refractivity contribution in [1.82, 2.24) is 50.4 Å². The van der Waals surface area contributed by atoms with Crippen molar-refractivity contribution in [1.29, 1.82) is 0 Å². The van der Waals surface area contributed by atoms with Gasteiger partial charge in [-0.2, -0.15) is 0 Å². The summed E-state index contributed by atoms with van der Waals surface area (Å²) in [6, 6.07) is 14.9. The number of carbonyl (C=O) groups excluding carboxylic acids is 6. The zero-order chi connectivity index (χ0) is 66.5. The molecule has 0 unspecified atom stereocenters. The van der Waals surface area contributed by atoms with Gasteiger partial charge in [-0.1, -0.05) is 49.4 Å². The molecule has 7 aromatic heterocycles. The molecule has 7 atom stereocenters. The fourth-order valence-corrected chi connectivity index (χ4v) is 16.1. The van der Waals surface area contributed by atoms with Crippen LogP contribution < -0.4 is 21.3 Å². The number of thiazole rings is 6. The van der Waals surface area contributed by atoms with Crippen LogP contribution in [0.1, 0.15) is 132 Å². The number of ether oxygens (including phenoxy) is 1. The van der Waals surface area contributed by atoms with Crippen molar-refractivity contribution < 1.29 is 68.6 Å². The number of phenols is 1. The van der Waals surface area contributed by atoms with Crippen molar-refractivity contribution in [2.24, 2.45) is 11.7 Å². The van der Waals surface area contributed by atoms with E-state index in [1.165, 1.54) is 55.4 Å². The molecular formula is C62H58N12O14S6. The molecule has 5 amide bonds. The normalized spacial score (nSPS) is 18.8. The van der Waals surface area contributed by atoms with Gasteiger partial charge >= 0.3 is 18.0 Å². The first-order valence-electron chi connectivity index (χ1n) is 29.2. The first kappa shape index (κ1) is 66.3. The maximum absolute atomic E-state index is 15.2. The number of hydrogen-bond acceptors (Lipinski definition) is 25.